The third-order valence-electron chi connectivity index (χ3n) is 6.74. The van der Waals surface area contributed by atoms with Crippen LogP contribution in [-0.4, -0.2) is 0 Å². The molecule has 0 N–H and O–H groups in total. The Bertz CT molecular complexity index is 1720. The molecule has 4 aromatic carbocycles. The Balaban J connectivity index is 2.03. The predicted molar refractivity (Wildman–Crippen MR) is 234 cm³/mol. The predicted octanol–water partition coefficient (Wildman–Crippen LogP) is 18.2. The molecule has 0 aliphatic heterocycles. The second-order valence-electron chi connectivity index (χ2n) is 9.17. The summed E-state index contributed by atoms with van der Waals surface area (Å²) >= 11 is 56.9. The fraction of sp³-hybridized carbons (Fsp3) is 0.143. The van der Waals surface area contributed by atoms with Crippen LogP contribution in [0.2, 0.25) is 0 Å². The van der Waals surface area contributed by atoms with Gasteiger partial charge in [0.25, 0.3) is 0 Å². The van der Waals surface area contributed by atoms with E-state index in [1.165, 1.54) is 22.3 Å². The van der Waals surface area contributed by atoms with E-state index in [-0.39, 0.29) is 0 Å². The monoisotopic (exact) mass is 1530 g/mol. The summed E-state index contributed by atoms with van der Waals surface area (Å²) in [5.41, 5.74) is 8.35. The average molecular weight is 1550 g/mol. The van der Waals surface area contributed by atoms with E-state index in [0.717, 1.165) is 83.8 Å². The SMILES string of the molecule is Cc1ccc(Cc2c(Br)c(Br)c(Br)c(Br)c2Br)c(Cc2c(Br)c(Br)c(Br)c(Br)c2Br)c1Cc1c(Br)c(Br)c(Br)c(Br)c1Br. The molecule has 15 heteroatoms. The smallest absolute Gasteiger partial charge is 0.0482 e. The third kappa shape index (κ3) is 8.11. The molecule has 0 fully saturated rings. The normalized spacial score (nSPS) is 11.5. The Morgan fingerprint density at radius 3 is 0.884 bits per heavy atom. The Labute approximate surface area is 376 Å². The van der Waals surface area contributed by atoms with Crippen molar-refractivity contribution in [1.82, 2.24) is 0 Å². The summed E-state index contributed by atoms with van der Waals surface area (Å²) in [6.45, 7) is 2.18. The van der Waals surface area contributed by atoms with Crippen molar-refractivity contribution in [3.05, 3.63) is 118 Å². The topological polar surface area (TPSA) is 0 Å². The number of benzene rings is 4. The van der Waals surface area contributed by atoms with Gasteiger partial charge in [-0.3, -0.25) is 0 Å². The summed E-state index contributed by atoms with van der Waals surface area (Å²) in [6, 6.07) is 4.47. The molecule has 0 aromatic heterocycles. The summed E-state index contributed by atoms with van der Waals surface area (Å²) in [4.78, 5) is 0. The summed E-state index contributed by atoms with van der Waals surface area (Å²) < 4.78 is 14.5. The van der Waals surface area contributed by atoms with Gasteiger partial charge in [0.2, 0.25) is 0 Å². The molecule has 0 bridgehead atoms. The fourth-order valence-electron chi connectivity index (χ4n) is 4.45. The molecule has 0 aliphatic rings. The molecule has 228 valence electrons. The van der Waals surface area contributed by atoms with Gasteiger partial charge in [-0.1, -0.05) is 12.1 Å². The standard InChI is InChI=1S/C28H11Br15/c1-7-2-3-8(4-11-14(29)20(35)26(41)21(36)15(11)30)10(6-13-18(33)24(39)28(43)25(40)19(13)34)9(7)5-12-16(31)22(37)27(42)23(38)17(12)32/h2-3H,4-6H2,1H3. The van der Waals surface area contributed by atoms with Crippen molar-refractivity contribution < 1.29 is 0 Å². The van der Waals surface area contributed by atoms with Crippen LogP contribution in [0.1, 0.15) is 38.9 Å². The molecule has 0 spiro atoms. The zero-order valence-corrected chi connectivity index (χ0v) is 44.7. The number of aryl methyl sites for hydroxylation is 1. The summed E-state index contributed by atoms with van der Waals surface area (Å²) in [6.07, 6.45) is 2.07. The number of rotatable bonds is 6. The van der Waals surface area contributed by atoms with E-state index in [0.29, 0.717) is 19.3 Å². The van der Waals surface area contributed by atoms with Crippen molar-refractivity contribution in [2.75, 3.05) is 0 Å². The van der Waals surface area contributed by atoms with Crippen molar-refractivity contribution in [3.8, 4) is 0 Å². The second-order valence-corrected chi connectivity index (χ2v) is 21.1. The van der Waals surface area contributed by atoms with Crippen LogP contribution in [0.3, 0.4) is 0 Å². The first-order chi connectivity index (χ1) is 20.0. The van der Waals surface area contributed by atoms with Gasteiger partial charge >= 0.3 is 0 Å². The van der Waals surface area contributed by atoms with Crippen LogP contribution in [0.4, 0.5) is 0 Å². The van der Waals surface area contributed by atoms with E-state index >= 15 is 0 Å². The average Bonchev–Trinajstić information content (AvgIpc) is 2.99. The van der Waals surface area contributed by atoms with Gasteiger partial charge in [-0.25, -0.2) is 0 Å². The van der Waals surface area contributed by atoms with Crippen LogP contribution < -0.4 is 0 Å². The van der Waals surface area contributed by atoms with Crippen molar-refractivity contribution in [1.29, 1.82) is 0 Å². The fourth-order valence-corrected chi connectivity index (χ4v) is 14.7. The van der Waals surface area contributed by atoms with Gasteiger partial charge in [0.05, 0.1) is 0 Å². The van der Waals surface area contributed by atoms with Crippen LogP contribution >= 0.6 is 239 Å². The van der Waals surface area contributed by atoms with E-state index < -0.39 is 0 Å². The van der Waals surface area contributed by atoms with Crippen molar-refractivity contribution in [2.45, 2.75) is 26.2 Å². The number of hydrogen-bond acceptors (Lipinski definition) is 0. The van der Waals surface area contributed by atoms with Crippen molar-refractivity contribution in [3.63, 3.8) is 0 Å². The third-order valence-corrected chi connectivity index (χ3v) is 25.5. The molecule has 0 saturated carbocycles. The van der Waals surface area contributed by atoms with Gasteiger partial charge in [0.15, 0.2) is 0 Å². The zero-order valence-electron chi connectivity index (χ0n) is 20.9. The van der Waals surface area contributed by atoms with Crippen LogP contribution in [0.15, 0.2) is 79.2 Å². The molecule has 0 aliphatic carbocycles. The molecule has 0 atom stereocenters. The van der Waals surface area contributed by atoms with Crippen molar-refractivity contribution in [2.24, 2.45) is 0 Å². The van der Waals surface area contributed by atoms with E-state index in [1.54, 1.807) is 0 Å². The highest BCUT2D eigenvalue weighted by molar-refractivity contribution is 9.17. The van der Waals surface area contributed by atoms with Gasteiger partial charge in [-0.2, -0.15) is 0 Å². The van der Waals surface area contributed by atoms with Crippen LogP contribution in [0.5, 0.6) is 0 Å². The van der Waals surface area contributed by atoms with Gasteiger partial charge in [-0.15, -0.1) is 0 Å². The first-order valence-electron chi connectivity index (χ1n) is 11.6. The van der Waals surface area contributed by atoms with E-state index in [1.807, 2.05) is 0 Å². The van der Waals surface area contributed by atoms with Crippen LogP contribution in [0.25, 0.3) is 0 Å². The molecule has 0 heterocycles. The quantitative estimate of drug-likeness (QED) is 0.133. The van der Waals surface area contributed by atoms with Gasteiger partial charge < -0.3 is 0 Å². The lowest BCUT2D eigenvalue weighted by atomic mass is 9.86. The first-order valence-corrected chi connectivity index (χ1v) is 23.5. The summed E-state index contributed by atoms with van der Waals surface area (Å²) in [5.74, 6) is 0. The summed E-state index contributed by atoms with van der Waals surface area (Å²) in [7, 11) is 0. The van der Waals surface area contributed by atoms with E-state index in [2.05, 4.69) is 258 Å². The molecule has 43 heavy (non-hydrogen) atoms. The lowest BCUT2D eigenvalue weighted by Gasteiger charge is -2.23. The van der Waals surface area contributed by atoms with Gasteiger partial charge in [-0.05, 0) is 285 Å². The minimum Gasteiger partial charge on any atom is -0.0587 e. The molecule has 0 unspecified atom stereocenters. The number of halogens is 15. The molecule has 4 aromatic rings. The molecule has 4 rings (SSSR count). The largest absolute Gasteiger partial charge is 0.0587 e. The van der Waals surface area contributed by atoms with Gasteiger partial charge in [0.1, 0.15) is 0 Å². The molecular weight excluding hydrogens is 1530 g/mol. The van der Waals surface area contributed by atoms with Crippen LogP contribution in [0, 0.1) is 6.92 Å². The van der Waals surface area contributed by atoms with Gasteiger partial charge in [0, 0.05) is 86.4 Å². The summed E-state index contributed by atoms with van der Waals surface area (Å²) in [5, 5.41) is 0. The van der Waals surface area contributed by atoms with E-state index in [4.69, 9.17) is 0 Å². The molecule has 0 nitrogen and oxygen atoms in total. The highest BCUT2D eigenvalue weighted by Crippen LogP contribution is 2.49. The second kappa shape index (κ2) is 16.6. The highest BCUT2D eigenvalue weighted by atomic mass is 79.9. The Morgan fingerprint density at radius 1 is 0.302 bits per heavy atom. The Morgan fingerprint density at radius 2 is 0.558 bits per heavy atom. The Kier molecular flexibility index (Phi) is 15.4. The Hall–Kier alpha value is 4.08. The van der Waals surface area contributed by atoms with Crippen LogP contribution in [-0.2, 0) is 19.3 Å². The molecule has 0 amide bonds. The minimum absolute atomic E-state index is 0.681. The van der Waals surface area contributed by atoms with E-state index in [9.17, 15) is 0 Å². The van der Waals surface area contributed by atoms with Crippen molar-refractivity contribution >= 4 is 239 Å². The lowest BCUT2D eigenvalue weighted by molar-refractivity contribution is 0.995. The zero-order chi connectivity index (χ0) is 32.2. The molecule has 0 radical (unpaired) electrons. The highest BCUT2D eigenvalue weighted by Gasteiger charge is 2.25. The molecule has 0 saturated heterocycles. The minimum atomic E-state index is 0.681. The maximum absolute atomic E-state index is 3.88. The maximum Gasteiger partial charge on any atom is 0.0482 e. The lowest BCUT2D eigenvalue weighted by Crippen LogP contribution is -2.08. The number of hydrogen-bond donors (Lipinski definition) is 0. The first kappa shape index (κ1) is 39.9. The molecular formula is C28H11Br15. The maximum atomic E-state index is 3.88.